The highest BCUT2D eigenvalue weighted by molar-refractivity contribution is 7.91. The number of hydrogen-bond donors (Lipinski definition) is 0. The Hall–Kier alpha value is -2.30. The zero-order valence-corrected chi connectivity index (χ0v) is 17.8. The second-order valence-electron chi connectivity index (χ2n) is 7.61. The maximum atomic E-state index is 13.1. The molecule has 0 atom stereocenters. The fourth-order valence-electron chi connectivity index (χ4n) is 3.71. The summed E-state index contributed by atoms with van der Waals surface area (Å²) in [6.07, 6.45) is 3.31. The van der Waals surface area contributed by atoms with Gasteiger partial charge in [-0.1, -0.05) is 11.6 Å². The van der Waals surface area contributed by atoms with Crippen LogP contribution in [0.15, 0.2) is 44.4 Å². The van der Waals surface area contributed by atoms with E-state index < -0.39 is 10.0 Å². The summed E-state index contributed by atoms with van der Waals surface area (Å²) in [6.45, 7) is 1.86. The van der Waals surface area contributed by atoms with Crippen molar-refractivity contribution in [2.24, 2.45) is 0 Å². The Morgan fingerprint density at radius 3 is 2.50 bits per heavy atom. The highest BCUT2D eigenvalue weighted by atomic mass is 32.2. The fourth-order valence-corrected chi connectivity index (χ4v) is 6.44. The number of benzene rings is 1. The molecule has 5 rings (SSSR count). The molecule has 0 bridgehead atoms. The van der Waals surface area contributed by atoms with Crippen molar-refractivity contribution in [2.75, 3.05) is 31.1 Å². The lowest BCUT2D eigenvalue weighted by Crippen LogP contribution is -2.48. The SMILES string of the molecule is O=S(=O)(c1cc(-c2noc(C3CCC3)n2)cs1)N1CCN(c2ccc(F)cc2)CC1. The van der Waals surface area contributed by atoms with Crippen molar-refractivity contribution in [3.63, 3.8) is 0 Å². The van der Waals surface area contributed by atoms with Crippen molar-refractivity contribution >= 4 is 27.0 Å². The van der Waals surface area contributed by atoms with Gasteiger partial charge in [-0.15, -0.1) is 11.3 Å². The molecule has 1 aromatic carbocycles. The molecular formula is C20H21FN4O3S2. The van der Waals surface area contributed by atoms with Gasteiger partial charge in [-0.05, 0) is 43.2 Å². The summed E-state index contributed by atoms with van der Waals surface area (Å²) in [4.78, 5) is 6.51. The molecular weight excluding hydrogens is 427 g/mol. The zero-order chi connectivity index (χ0) is 20.7. The molecule has 10 heteroatoms. The Balaban J connectivity index is 1.28. The van der Waals surface area contributed by atoms with E-state index in [-0.39, 0.29) is 10.0 Å². The summed E-state index contributed by atoms with van der Waals surface area (Å²) in [6, 6.07) is 7.89. The number of aromatic nitrogens is 2. The standard InChI is InChI=1S/C20H21FN4O3S2/c21-16-4-6-17(7-5-16)24-8-10-25(11-9-24)30(26,27)18-12-15(13-29-18)19-22-20(28-23-19)14-2-1-3-14/h4-7,12-14H,1-3,8-11H2. The molecule has 1 saturated carbocycles. The molecule has 2 aromatic heterocycles. The molecule has 0 unspecified atom stereocenters. The number of rotatable bonds is 5. The first-order valence-corrected chi connectivity index (χ1v) is 12.3. The van der Waals surface area contributed by atoms with Gasteiger partial charge in [0.05, 0.1) is 0 Å². The Morgan fingerprint density at radius 1 is 1.10 bits per heavy atom. The number of thiophene rings is 1. The van der Waals surface area contributed by atoms with Gasteiger partial charge in [0, 0.05) is 48.7 Å². The third-order valence-electron chi connectivity index (χ3n) is 5.75. The van der Waals surface area contributed by atoms with Gasteiger partial charge in [0.15, 0.2) is 0 Å². The van der Waals surface area contributed by atoms with Gasteiger partial charge >= 0.3 is 0 Å². The van der Waals surface area contributed by atoms with Crippen LogP contribution in [0.3, 0.4) is 0 Å². The van der Waals surface area contributed by atoms with Gasteiger partial charge in [0.25, 0.3) is 10.0 Å². The van der Waals surface area contributed by atoms with E-state index in [0.717, 1.165) is 18.5 Å². The molecule has 2 fully saturated rings. The minimum absolute atomic E-state index is 0.280. The van der Waals surface area contributed by atoms with Crippen LogP contribution >= 0.6 is 11.3 Å². The summed E-state index contributed by atoms with van der Waals surface area (Å²) < 4.78 is 46.4. The summed E-state index contributed by atoms with van der Waals surface area (Å²) >= 11 is 1.17. The van der Waals surface area contributed by atoms with Crippen molar-refractivity contribution in [1.29, 1.82) is 0 Å². The molecule has 0 radical (unpaired) electrons. The summed E-state index contributed by atoms with van der Waals surface area (Å²) in [5.41, 5.74) is 1.56. The number of sulfonamides is 1. The monoisotopic (exact) mass is 448 g/mol. The number of halogens is 1. The van der Waals surface area contributed by atoms with Gasteiger partial charge < -0.3 is 9.42 Å². The van der Waals surface area contributed by atoms with Gasteiger partial charge in [0.1, 0.15) is 10.0 Å². The average Bonchev–Trinajstić information content (AvgIpc) is 3.37. The third-order valence-corrected chi connectivity index (χ3v) is 9.07. The van der Waals surface area contributed by atoms with E-state index in [9.17, 15) is 12.8 Å². The Labute approximate surface area is 178 Å². The Bertz CT molecular complexity index is 1130. The van der Waals surface area contributed by atoms with Crippen LogP contribution in [0, 0.1) is 5.82 Å². The molecule has 158 valence electrons. The number of anilines is 1. The van der Waals surface area contributed by atoms with Gasteiger partial charge in [0.2, 0.25) is 11.7 Å². The van der Waals surface area contributed by atoms with E-state index in [1.807, 2.05) is 0 Å². The number of nitrogens with zero attached hydrogens (tertiary/aromatic N) is 4. The van der Waals surface area contributed by atoms with Crippen LogP contribution in [0.2, 0.25) is 0 Å². The molecule has 1 aliphatic heterocycles. The smallest absolute Gasteiger partial charge is 0.252 e. The molecule has 30 heavy (non-hydrogen) atoms. The summed E-state index contributed by atoms with van der Waals surface area (Å²) in [7, 11) is -3.59. The minimum Gasteiger partial charge on any atom is -0.369 e. The van der Waals surface area contributed by atoms with E-state index in [1.165, 1.54) is 34.2 Å². The maximum absolute atomic E-state index is 13.1. The molecule has 0 spiro atoms. The predicted molar refractivity (Wildman–Crippen MR) is 112 cm³/mol. The summed E-state index contributed by atoms with van der Waals surface area (Å²) in [5.74, 6) is 1.14. The molecule has 3 heterocycles. The predicted octanol–water partition coefficient (Wildman–Crippen LogP) is 3.72. The Kier molecular flexibility index (Phi) is 5.08. The topological polar surface area (TPSA) is 79.5 Å². The second kappa shape index (κ2) is 7.75. The third kappa shape index (κ3) is 3.63. The van der Waals surface area contributed by atoms with Crippen molar-refractivity contribution in [1.82, 2.24) is 14.4 Å². The van der Waals surface area contributed by atoms with E-state index in [0.29, 0.717) is 49.4 Å². The first-order chi connectivity index (χ1) is 14.5. The number of hydrogen-bond acceptors (Lipinski definition) is 7. The number of piperazine rings is 1. The van der Waals surface area contributed by atoms with Crippen LogP contribution in [0.25, 0.3) is 11.4 Å². The van der Waals surface area contributed by atoms with Gasteiger partial charge in [-0.25, -0.2) is 12.8 Å². The molecule has 1 aliphatic carbocycles. The molecule has 2 aliphatic rings. The van der Waals surface area contributed by atoms with E-state index in [1.54, 1.807) is 23.6 Å². The lowest BCUT2D eigenvalue weighted by Gasteiger charge is -2.35. The van der Waals surface area contributed by atoms with E-state index in [4.69, 9.17) is 4.52 Å². The highest BCUT2D eigenvalue weighted by Crippen LogP contribution is 2.37. The van der Waals surface area contributed by atoms with Crippen LogP contribution in [0.4, 0.5) is 10.1 Å². The molecule has 0 amide bonds. The van der Waals surface area contributed by atoms with Gasteiger partial charge in [-0.3, -0.25) is 0 Å². The van der Waals surface area contributed by atoms with Crippen LogP contribution in [0.1, 0.15) is 31.1 Å². The largest absolute Gasteiger partial charge is 0.369 e. The lowest BCUT2D eigenvalue weighted by molar-refractivity contribution is 0.292. The first-order valence-electron chi connectivity index (χ1n) is 9.94. The van der Waals surface area contributed by atoms with Crippen molar-refractivity contribution in [2.45, 2.75) is 29.4 Å². The van der Waals surface area contributed by atoms with Crippen LogP contribution < -0.4 is 4.90 Å². The first kappa shape index (κ1) is 19.7. The van der Waals surface area contributed by atoms with Crippen molar-refractivity contribution < 1.29 is 17.3 Å². The molecule has 7 nitrogen and oxygen atoms in total. The maximum Gasteiger partial charge on any atom is 0.252 e. The average molecular weight is 449 g/mol. The summed E-state index contributed by atoms with van der Waals surface area (Å²) in [5, 5.41) is 5.79. The fraction of sp³-hybridized carbons (Fsp3) is 0.400. The van der Waals surface area contributed by atoms with Crippen molar-refractivity contribution in [3.05, 3.63) is 47.4 Å². The van der Waals surface area contributed by atoms with Crippen LogP contribution in [0.5, 0.6) is 0 Å². The lowest BCUT2D eigenvalue weighted by atomic mass is 9.85. The minimum atomic E-state index is -3.59. The molecule has 1 saturated heterocycles. The molecule has 0 N–H and O–H groups in total. The van der Waals surface area contributed by atoms with E-state index >= 15 is 0 Å². The molecule has 3 aromatic rings. The van der Waals surface area contributed by atoms with Gasteiger partial charge in [-0.2, -0.15) is 9.29 Å². The Morgan fingerprint density at radius 2 is 1.83 bits per heavy atom. The van der Waals surface area contributed by atoms with Crippen LogP contribution in [-0.2, 0) is 10.0 Å². The quantitative estimate of drug-likeness (QED) is 0.592. The zero-order valence-electron chi connectivity index (χ0n) is 16.2. The van der Waals surface area contributed by atoms with E-state index in [2.05, 4.69) is 15.0 Å². The normalized spacial score (nSPS) is 18.5. The van der Waals surface area contributed by atoms with Crippen molar-refractivity contribution in [3.8, 4) is 11.4 Å². The van der Waals surface area contributed by atoms with Crippen LogP contribution in [-0.4, -0.2) is 49.0 Å². The second-order valence-corrected chi connectivity index (χ2v) is 10.7. The highest BCUT2D eigenvalue weighted by Gasteiger charge is 2.31.